The van der Waals surface area contributed by atoms with Gasteiger partial charge in [-0.25, -0.2) is 0 Å². The second-order valence-electron chi connectivity index (χ2n) is 3.08. The van der Waals surface area contributed by atoms with Crippen molar-refractivity contribution < 1.29 is 9.53 Å². The zero-order chi connectivity index (χ0) is 10.7. The van der Waals surface area contributed by atoms with Gasteiger partial charge in [0.2, 0.25) is 0 Å². The molecule has 0 bridgehead atoms. The molecule has 15 heavy (non-hydrogen) atoms. The lowest BCUT2D eigenvalue weighted by atomic mass is 10.1. The molecule has 0 unspecified atom stereocenters. The second-order valence-corrected chi connectivity index (χ2v) is 3.45. The number of carbonyl (C=O) groups excluding carboxylic acids is 1. The smallest absolute Gasteiger partial charge is 0.157 e. The number of hydrogen-bond donors (Lipinski definition) is 0. The van der Waals surface area contributed by atoms with E-state index in [0.717, 1.165) is 10.8 Å². The minimum absolute atomic E-state index is 0.0259. The van der Waals surface area contributed by atoms with E-state index in [1.165, 1.54) is 0 Å². The number of ether oxygens (including phenoxy) is 1. The first-order chi connectivity index (χ1) is 7.33. The number of fused-ring (bicyclic) bond motifs is 1. The number of benzene rings is 2. The van der Waals surface area contributed by atoms with Gasteiger partial charge in [-0.3, -0.25) is 4.79 Å². The van der Waals surface area contributed by atoms with Crippen LogP contribution in [0.15, 0.2) is 36.4 Å². The zero-order valence-electron chi connectivity index (χ0n) is 7.94. The fraction of sp³-hybridized carbons (Fsp3) is 0.0833. The van der Waals surface area contributed by atoms with Crippen LogP contribution in [0.3, 0.4) is 0 Å². The highest BCUT2D eigenvalue weighted by atomic mass is 35.5. The van der Waals surface area contributed by atoms with E-state index in [0.29, 0.717) is 17.1 Å². The monoisotopic (exact) mass is 220 g/mol. The fourth-order valence-corrected chi connectivity index (χ4v) is 1.74. The van der Waals surface area contributed by atoms with Gasteiger partial charge in [-0.2, -0.15) is 0 Å². The molecule has 0 heterocycles. The van der Waals surface area contributed by atoms with Gasteiger partial charge in [0.25, 0.3) is 0 Å². The lowest BCUT2D eigenvalue weighted by Gasteiger charge is -2.07. The molecule has 0 aliphatic rings. The maximum absolute atomic E-state index is 10.2. The highest BCUT2D eigenvalue weighted by Gasteiger charge is 2.05. The van der Waals surface area contributed by atoms with E-state index < -0.39 is 0 Å². The summed E-state index contributed by atoms with van der Waals surface area (Å²) < 4.78 is 5.19. The van der Waals surface area contributed by atoms with Crippen molar-refractivity contribution in [2.45, 2.75) is 0 Å². The van der Waals surface area contributed by atoms with E-state index in [9.17, 15) is 4.79 Å². The quantitative estimate of drug-likeness (QED) is 0.744. The molecular formula is C12H9ClO2. The summed E-state index contributed by atoms with van der Waals surface area (Å²) in [5.74, 6) is 0.544. The number of halogens is 1. The van der Waals surface area contributed by atoms with Crippen molar-refractivity contribution in [1.29, 1.82) is 0 Å². The Morgan fingerprint density at radius 2 is 2.00 bits per heavy atom. The van der Waals surface area contributed by atoms with E-state index in [4.69, 9.17) is 16.3 Å². The molecule has 0 saturated carbocycles. The number of hydrogen-bond acceptors (Lipinski definition) is 2. The molecular weight excluding hydrogens is 212 g/mol. The van der Waals surface area contributed by atoms with E-state index in [-0.39, 0.29) is 6.61 Å². The third-order valence-corrected chi connectivity index (χ3v) is 2.52. The Hall–Kier alpha value is -1.54. The molecule has 0 aliphatic heterocycles. The number of rotatable bonds is 3. The molecule has 2 nitrogen and oxygen atoms in total. The summed E-state index contributed by atoms with van der Waals surface area (Å²) in [5.41, 5.74) is 0. The molecule has 2 aromatic rings. The van der Waals surface area contributed by atoms with Gasteiger partial charge in [0.15, 0.2) is 6.29 Å². The Morgan fingerprint density at radius 3 is 2.80 bits per heavy atom. The fourth-order valence-electron chi connectivity index (χ4n) is 1.45. The summed E-state index contributed by atoms with van der Waals surface area (Å²) in [6.07, 6.45) is 0.700. The Morgan fingerprint density at radius 1 is 1.20 bits per heavy atom. The van der Waals surface area contributed by atoms with Gasteiger partial charge in [0, 0.05) is 5.39 Å². The van der Waals surface area contributed by atoms with Crippen LogP contribution in [0, 0.1) is 0 Å². The summed E-state index contributed by atoms with van der Waals surface area (Å²) in [7, 11) is 0. The summed E-state index contributed by atoms with van der Waals surface area (Å²) in [6.45, 7) is 0.0259. The van der Waals surface area contributed by atoms with Crippen molar-refractivity contribution in [3.63, 3.8) is 0 Å². The Labute approximate surface area is 92.4 Å². The van der Waals surface area contributed by atoms with Gasteiger partial charge >= 0.3 is 0 Å². The normalized spacial score (nSPS) is 10.2. The van der Waals surface area contributed by atoms with Crippen molar-refractivity contribution in [3.05, 3.63) is 41.4 Å². The molecule has 0 aliphatic carbocycles. The van der Waals surface area contributed by atoms with E-state index >= 15 is 0 Å². The van der Waals surface area contributed by atoms with Crippen molar-refractivity contribution >= 4 is 28.7 Å². The predicted molar refractivity (Wildman–Crippen MR) is 60.5 cm³/mol. The molecule has 2 aromatic carbocycles. The van der Waals surface area contributed by atoms with Gasteiger partial charge < -0.3 is 4.74 Å². The van der Waals surface area contributed by atoms with Gasteiger partial charge in [-0.15, -0.1) is 0 Å². The topological polar surface area (TPSA) is 26.3 Å². The first-order valence-electron chi connectivity index (χ1n) is 4.56. The van der Waals surface area contributed by atoms with Crippen LogP contribution in [0.4, 0.5) is 0 Å². The molecule has 0 fully saturated rings. The molecule has 0 aromatic heterocycles. The Balaban J connectivity index is 2.50. The maximum atomic E-state index is 10.2. The summed E-state index contributed by atoms with van der Waals surface area (Å²) in [6, 6.07) is 11.5. The van der Waals surface area contributed by atoms with Crippen molar-refractivity contribution in [2.24, 2.45) is 0 Å². The van der Waals surface area contributed by atoms with Gasteiger partial charge in [0.1, 0.15) is 12.4 Å². The number of aldehydes is 1. The van der Waals surface area contributed by atoms with Crippen LogP contribution in [0.2, 0.25) is 5.02 Å². The Bertz CT molecular complexity index is 494. The molecule has 2 rings (SSSR count). The summed E-state index contributed by atoms with van der Waals surface area (Å²) in [4.78, 5) is 10.2. The second kappa shape index (κ2) is 4.32. The third kappa shape index (κ3) is 1.95. The molecule has 0 amide bonds. The average Bonchev–Trinajstić information content (AvgIpc) is 2.29. The molecule has 0 saturated heterocycles. The van der Waals surface area contributed by atoms with Gasteiger partial charge in [0.05, 0.1) is 5.02 Å². The standard InChI is InChI=1S/C12H9ClO2/c13-12-10-4-2-1-3-9(10)5-6-11(12)15-8-7-14/h1-7H,8H2. The van der Waals surface area contributed by atoms with Crippen LogP contribution in [-0.4, -0.2) is 12.9 Å². The van der Waals surface area contributed by atoms with Crippen LogP contribution in [0.5, 0.6) is 5.75 Å². The first-order valence-corrected chi connectivity index (χ1v) is 4.94. The molecule has 0 radical (unpaired) electrons. The molecule has 0 atom stereocenters. The average molecular weight is 221 g/mol. The van der Waals surface area contributed by atoms with Crippen LogP contribution in [-0.2, 0) is 4.79 Å². The largest absolute Gasteiger partial charge is 0.485 e. The minimum atomic E-state index is 0.0259. The Kier molecular flexibility index (Phi) is 2.88. The highest BCUT2D eigenvalue weighted by Crippen LogP contribution is 2.32. The molecule has 0 spiro atoms. The first kappa shape index (κ1) is 9.99. The zero-order valence-corrected chi connectivity index (χ0v) is 8.70. The molecule has 76 valence electrons. The van der Waals surface area contributed by atoms with E-state index in [2.05, 4.69) is 0 Å². The molecule has 3 heteroatoms. The lowest BCUT2D eigenvalue weighted by molar-refractivity contribution is -0.109. The SMILES string of the molecule is O=CCOc1ccc2ccccc2c1Cl. The number of carbonyl (C=O) groups is 1. The van der Waals surface area contributed by atoms with Crippen molar-refractivity contribution in [3.8, 4) is 5.75 Å². The van der Waals surface area contributed by atoms with E-state index in [1.807, 2.05) is 30.3 Å². The summed E-state index contributed by atoms with van der Waals surface area (Å²) >= 11 is 6.14. The maximum Gasteiger partial charge on any atom is 0.157 e. The van der Waals surface area contributed by atoms with Crippen LogP contribution < -0.4 is 4.74 Å². The highest BCUT2D eigenvalue weighted by molar-refractivity contribution is 6.37. The van der Waals surface area contributed by atoms with Crippen LogP contribution in [0.1, 0.15) is 0 Å². The van der Waals surface area contributed by atoms with Gasteiger partial charge in [-0.1, -0.05) is 41.9 Å². The lowest BCUT2D eigenvalue weighted by Crippen LogP contribution is -1.98. The van der Waals surface area contributed by atoms with Gasteiger partial charge in [-0.05, 0) is 11.5 Å². The summed E-state index contributed by atoms with van der Waals surface area (Å²) in [5, 5.41) is 2.54. The van der Waals surface area contributed by atoms with Crippen molar-refractivity contribution in [2.75, 3.05) is 6.61 Å². The molecule has 0 N–H and O–H groups in total. The minimum Gasteiger partial charge on any atom is -0.485 e. The predicted octanol–water partition coefficient (Wildman–Crippen LogP) is 3.07. The van der Waals surface area contributed by atoms with Crippen LogP contribution in [0.25, 0.3) is 10.8 Å². The van der Waals surface area contributed by atoms with Crippen molar-refractivity contribution in [1.82, 2.24) is 0 Å². The van der Waals surface area contributed by atoms with E-state index in [1.54, 1.807) is 6.07 Å². The third-order valence-electron chi connectivity index (χ3n) is 2.13. The van der Waals surface area contributed by atoms with Crippen LogP contribution >= 0.6 is 11.6 Å².